The third kappa shape index (κ3) is 13.3. The Bertz CT molecular complexity index is 9400. The Labute approximate surface area is 763 Å². The topological polar surface area (TPSA) is 25.8 Å². The molecule has 0 saturated heterocycles. The smallest absolute Gasteiger partial charge is 0.0714 e. The lowest BCUT2D eigenvalue weighted by Crippen LogP contribution is -1.91. The molecule has 28 rings (SSSR count). The van der Waals surface area contributed by atoms with Crippen molar-refractivity contribution in [3.8, 4) is 66.9 Å². The van der Waals surface area contributed by atoms with E-state index >= 15 is 0 Å². The summed E-state index contributed by atoms with van der Waals surface area (Å²) < 4.78 is 0. The van der Waals surface area contributed by atoms with Gasteiger partial charge in [0, 0.05) is 23.3 Å². The first-order chi connectivity index (χ1) is 65.5. The lowest BCUT2D eigenvalue weighted by atomic mass is 9.86. The van der Waals surface area contributed by atoms with Crippen LogP contribution < -0.4 is 0 Å². The molecule has 26 aromatic carbocycles. The zero-order valence-corrected chi connectivity index (χ0v) is 72.2. The lowest BCUT2D eigenvalue weighted by Gasteiger charge is -2.17. The van der Waals surface area contributed by atoms with Crippen LogP contribution in [0.4, 0.5) is 0 Å². The van der Waals surface area contributed by atoms with E-state index < -0.39 is 0 Å². The van der Waals surface area contributed by atoms with E-state index in [-0.39, 0.29) is 0 Å². The second-order valence-electron chi connectivity index (χ2n) is 34.7. The third-order valence-corrected chi connectivity index (χ3v) is 27.4. The van der Waals surface area contributed by atoms with Crippen molar-refractivity contribution in [2.45, 2.75) is 0 Å². The predicted molar refractivity (Wildman–Crippen MR) is 569 cm³/mol. The first-order valence-electron chi connectivity index (χ1n) is 45.5. The Morgan fingerprint density at radius 3 is 0.977 bits per heavy atom. The molecule has 0 saturated carbocycles. The second-order valence-corrected chi connectivity index (χ2v) is 34.7. The molecular weight excluding hydrogens is 1590 g/mol. The summed E-state index contributed by atoms with van der Waals surface area (Å²) in [5.41, 5.74) is 15.5. The quantitative estimate of drug-likeness (QED) is 0.122. The maximum absolute atomic E-state index is 4.88. The minimum Gasteiger partial charge on any atom is -0.256 e. The normalized spacial score (nSPS) is 11.6. The molecule has 0 atom stereocenters. The van der Waals surface area contributed by atoms with Crippen molar-refractivity contribution in [2.75, 3.05) is 0 Å². The van der Waals surface area contributed by atoms with Crippen molar-refractivity contribution in [3.05, 3.63) is 498 Å². The summed E-state index contributed by atoms with van der Waals surface area (Å²) in [6, 6.07) is 176. The fourth-order valence-corrected chi connectivity index (χ4v) is 21.4. The Morgan fingerprint density at radius 2 is 0.417 bits per heavy atom. The van der Waals surface area contributed by atoms with Crippen LogP contribution in [-0.2, 0) is 0 Å². The number of rotatable bonds is 6. The molecule has 0 N–H and O–H groups in total. The average Bonchev–Trinajstić information content (AvgIpc) is 0.717. The number of fused-ring (bicyclic) bond motifs is 33. The maximum atomic E-state index is 4.88. The van der Waals surface area contributed by atoms with Gasteiger partial charge < -0.3 is 0 Å². The summed E-state index contributed by atoms with van der Waals surface area (Å²) in [6.45, 7) is 0. The van der Waals surface area contributed by atoms with E-state index in [1.165, 1.54) is 228 Å². The minimum atomic E-state index is 0.971. The molecule has 612 valence electrons. The number of nitrogens with zero attached hydrogens (tertiary/aromatic N) is 2. The van der Waals surface area contributed by atoms with Crippen LogP contribution in [0.1, 0.15) is 0 Å². The van der Waals surface area contributed by atoms with Crippen molar-refractivity contribution in [2.24, 2.45) is 0 Å². The zero-order chi connectivity index (χ0) is 87.1. The van der Waals surface area contributed by atoms with E-state index in [1.54, 1.807) is 0 Å². The van der Waals surface area contributed by atoms with Gasteiger partial charge in [0.1, 0.15) is 0 Å². The standard InChI is InChI=1S/C36H22N2.2C32H20.C30H20/c1-2-11-28-26(9-1)27-10-3-5-13-30(27)36-31-14-6-4-12-29(31)32(22-33(28)36)35-21-25(17-19-38-35)24-16-15-23-8-7-18-37-34(23)20-24;1-2-10-21(11-3-1)29-20-30-25-15-7-9-17-27(25)31-23-13-5-4-12-22(23)18-19-28(31)32(30)26-16-8-6-14-24(26)29;1-2-10-21(11-3-1)28-20-31-25-15-7-6-14-24(25)29-18-22-12-4-5-13-23(22)19-30(29)32(31)27-17-9-8-16-26(27)28;1-2-9-21(10-3-1)23-12-8-13-24(19-23)29-20-30-25-14-5-4-11-22(25)17-18-28(30)26-15-6-7-16-27(26)29/h1-22H;2*1-20H;1-20H. The fraction of sp³-hybridized carbons (Fsp3) is 0. The Balaban J connectivity index is 0.0000000949. The average molecular weight is 1670 g/mol. The molecular formula is C130H82N2. The number of benzene rings is 26. The molecule has 0 unspecified atom stereocenters. The molecule has 132 heavy (non-hydrogen) atoms. The lowest BCUT2D eigenvalue weighted by molar-refractivity contribution is 1.33. The number of pyridine rings is 2. The van der Waals surface area contributed by atoms with E-state index in [1.807, 2.05) is 18.5 Å². The summed E-state index contributed by atoms with van der Waals surface area (Å²) in [5, 5.41) is 45.4. The summed E-state index contributed by atoms with van der Waals surface area (Å²) >= 11 is 0. The highest BCUT2D eigenvalue weighted by atomic mass is 14.7. The summed E-state index contributed by atoms with van der Waals surface area (Å²) in [4.78, 5) is 9.44. The van der Waals surface area contributed by atoms with Crippen LogP contribution in [0.2, 0.25) is 0 Å². The maximum Gasteiger partial charge on any atom is 0.0714 e. The Hall–Kier alpha value is -17.3. The molecule has 2 heteroatoms. The van der Waals surface area contributed by atoms with E-state index in [0.29, 0.717) is 0 Å². The first kappa shape index (κ1) is 77.1. The summed E-state index contributed by atoms with van der Waals surface area (Å²) in [5.74, 6) is 0. The highest BCUT2D eigenvalue weighted by molar-refractivity contribution is 6.39. The van der Waals surface area contributed by atoms with Crippen molar-refractivity contribution in [1.29, 1.82) is 0 Å². The van der Waals surface area contributed by atoms with Crippen LogP contribution >= 0.6 is 0 Å². The first-order valence-corrected chi connectivity index (χ1v) is 45.5. The molecule has 0 radical (unpaired) electrons. The van der Waals surface area contributed by atoms with Crippen molar-refractivity contribution in [3.63, 3.8) is 0 Å². The molecule has 0 aliphatic heterocycles. The van der Waals surface area contributed by atoms with Crippen LogP contribution in [0, 0.1) is 0 Å². The van der Waals surface area contributed by atoms with E-state index in [2.05, 4.69) is 484 Å². The minimum absolute atomic E-state index is 0.971. The molecule has 2 nitrogen and oxygen atoms in total. The number of hydrogen-bond acceptors (Lipinski definition) is 2. The highest BCUT2D eigenvalue weighted by Crippen LogP contribution is 2.50. The van der Waals surface area contributed by atoms with Gasteiger partial charge in [0.2, 0.25) is 0 Å². The van der Waals surface area contributed by atoms with Crippen molar-refractivity contribution >= 4 is 194 Å². The molecule has 0 fully saturated rings. The van der Waals surface area contributed by atoms with Gasteiger partial charge in [-0.25, -0.2) is 0 Å². The van der Waals surface area contributed by atoms with Gasteiger partial charge in [-0.15, -0.1) is 0 Å². The second kappa shape index (κ2) is 32.5. The van der Waals surface area contributed by atoms with E-state index in [9.17, 15) is 0 Å². The van der Waals surface area contributed by atoms with Gasteiger partial charge >= 0.3 is 0 Å². The summed E-state index contributed by atoms with van der Waals surface area (Å²) in [7, 11) is 0. The van der Waals surface area contributed by atoms with Crippen molar-refractivity contribution in [1.82, 2.24) is 9.97 Å². The van der Waals surface area contributed by atoms with Crippen molar-refractivity contribution < 1.29 is 0 Å². The highest BCUT2D eigenvalue weighted by Gasteiger charge is 2.22. The molecule has 28 aromatic rings. The summed E-state index contributed by atoms with van der Waals surface area (Å²) in [6.07, 6.45) is 3.77. The van der Waals surface area contributed by atoms with Gasteiger partial charge in [0.05, 0.1) is 11.2 Å². The fourth-order valence-electron chi connectivity index (χ4n) is 21.4. The molecule has 0 spiro atoms. The molecule has 2 aromatic heterocycles. The van der Waals surface area contributed by atoms with Crippen LogP contribution in [0.25, 0.3) is 261 Å². The number of hydrogen-bond donors (Lipinski definition) is 0. The van der Waals surface area contributed by atoms with Gasteiger partial charge in [-0.1, -0.05) is 419 Å². The third-order valence-electron chi connectivity index (χ3n) is 27.4. The van der Waals surface area contributed by atoms with Gasteiger partial charge in [0.15, 0.2) is 0 Å². The van der Waals surface area contributed by atoms with Crippen LogP contribution in [-0.4, -0.2) is 9.97 Å². The molecule has 0 amide bonds. The largest absolute Gasteiger partial charge is 0.256 e. The molecule has 0 bridgehead atoms. The van der Waals surface area contributed by atoms with Gasteiger partial charge in [-0.3, -0.25) is 9.97 Å². The van der Waals surface area contributed by atoms with Crippen LogP contribution in [0.3, 0.4) is 0 Å². The zero-order valence-electron chi connectivity index (χ0n) is 72.2. The van der Waals surface area contributed by atoms with E-state index in [0.717, 1.165) is 33.3 Å². The van der Waals surface area contributed by atoms with Crippen LogP contribution in [0.5, 0.6) is 0 Å². The Kier molecular flexibility index (Phi) is 19.0. The molecule has 0 aliphatic rings. The predicted octanol–water partition coefficient (Wildman–Crippen LogP) is 36.3. The monoisotopic (exact) mass is 1670 g/mol. The van der Waals surface area contributed by atoms with Gasteiger partial charge in [-0.05, 0) is 305 Å². The molecule has 0 aliphatic carbocycles. The SMILES string of the molecule is c1ccc(-c2cc3c4ccccc4c4c5ccccc5ccc4c3c3ccccc23)cc1.c1ccc(-c2cc3c4ccccc4c4cc5ccccc5cc4c3c3ccccc23)cc1.c1ccc(-c2cccc(-c3cc4c5ccccc5ccc4c4ccccc34)c2)cc1.c1cnc2cc(-c3ccnc(-c4cc5c6ccccc6c6ccccc6c5c5ccccc45)c3)ccc2c1. The van der Waals surface area contributed by atoms with Gasteiger partial charge in [0.25, 0.3) is 0 Å². The van der Waals surface area contributed by atoms with E-state index in [4.69, 9.17) is 4.98 Å². The number of aromatic nitrogens is 2. The van der Waals surface area contributed by atoms with Gasteiger partial charge in [-0.2, -0.15) is 0 Å². The molecule has 2 heterocycles. The van der Waals surface area contributed by atoms with Crippen LogP contribution in [0.15, 0.2) is 498 Å². The Morgan fingerprint density at radius 1 is 0.114 bits per heavy atom.